The Morgan fingerprint density at radius 2 is 1.77 bits per heavy atom. The van der Waals surface area contributed by atoms with Crippen molar-refractivity contribution in [2.75, 3.05) is 5.32 Å². The first kappa shape index (κ1) is 22.3. The summed E-state index contributed by atoms with van der Waals surface area (Å²) in [5.74, 6) is -0.610. The van der Waals surface area contributed by atoms with Crippen molar-refractivity contribution >= 4 is 23.4 Å². The second kappa shape index (κ2) is 8.75. The molecule has 0 fully saturated rings. The summed E-state index contributed by atoms with van der Waals surface area (Å²) >= 11 is 0. The molecule has 1 aliphatic rings. The zero-order chi connectivity index (χ0) is 22.8. The number of urea groups is 1. The van der Waals surface area contributed by atoms with Crippen LogP contribution in [0.2, 0.25) is 0 Å². The van der Waals surface area contributed by atoms with Crippen molar-refractivity contribution in [3.8, 4) is 0 Å². The van der Waals surface area contributed by atoms with E-state index in [2.05, 4.69) is 20.9 Å². The smallest absolute Gasteiger partial charge is 0.319 e. The summed E-state index contributed by atoms with van der Waals surface area (Å²) in [6.07, 6.45) is 0.962. The first-order valence-corrected chi connectivity index (χ1v) is 10.3. The van der Waals surface area contributed by atoms with Gasteiger partial charge in [-0.25, -0.2) is 4.79 Å². The van der Waals surface area contributed by atoms with Gasteiger partial charge in [-0.1, -0.05) is 26.0 Å². The quantitative estimate of drug-likeness (QED) is 0.590. The zero-order valence-electron chi connectivity index (χ0n) is 18.2. The fraction of sp³-hybridized carbons (Fsp3) is 0.391. The van der Waals surface area contributed by atoms with Crippen LogP contribution in [-0.2, 0) is 13.0 Å². The van der Waals surface area contributed by atoms with Crippen LogP contribution in [0.3, 0.4) is 0 Å². The first-order chi connectivity index (χ1) is 14.5. The summed E-state index contributed by atoms with van der Waals surface area (Å²) in [4.78, 5) is 51.9. The molecule has 31 heavy (non-hydrogen) atoms. The Bertz CT molecular complexity index is 1070. The van der Waals surface area contributed by atoms with Crippen LogP contribution in [0, 0.1) is 5.41 Å². The van der Waals surface area contributed by atoms with Gasteiger partial charge in [-0.05, 0) is 49.4 Å². The van der Waals surface area contributed by atoms with Gasteiger partial charge in [0.2, 0.25) is 0 Å². The second-order valence-corrected chi connectivity index (χ2v) is 8.98. The van der Waals surface area contributed by atoms with Crippen LogP contribution >= 0.6 is 0 Å². The summed E-state index contributed by atoms with van der Waals surface area (Å²) in [7, 11) is 0. The van der Waals surface area contributed by atoms with Gasteiger partial charge >= 0.3 is 6.03 Å². The van der Waals surface area contributed by atoms with Gasteiger partial charge in [-0.3, -0.25) is 14.4 Å². The van der Waals surface area contributed by atoms with Gasteiger partial charge in [0.05, 0.1) is 0 Å². The average molecular weight is 425 g/mol. The van der Waals surface area contributed by atoms with Crippen LogP contribution in [-0.4, -0.2) is 28.7 Å². The van der Waals surface area contributed by atoms with E-state index in [-0.39, 0.29) is 35.4 Å². The Kier molecular flexibility index (Phi) is 6.29. The number of benzene rings is 1. The van der Waals surface area contributed by atoms with E-state index in [1.165, 1.54) is 6.07 Å². The van der Waals surface area contributed by atoms with E-state index < -0.39 is 11.5 Å². The molecule has 3 rings (SSSR count). The minimum atomic E-state index is -0.541. The molecule has 1 aromatic heterocycles. The number of ketones is 1. The lowest BCUT2D eigenvalue weighted by molar-refractivity contribution is 0.0910. The fourth-order valence-corrected chi connectivity index (χ4v) is 3.61. The van der Waals surface area contributed by atoms with E-state index >= 15 is 0 Å². The van der Waals surface area contributed by atoms with Crippen molar-refractivity contribution in [3.63, 3.8) is 0 Å². The molecule has 164 valence electrons. The summed E-state index contributed by atoms with van der Waals surface area (Å²) in [6.45, 7) is 7.90. The van der Waals surface area contributed by atoms with Crippen LogP contribution in [0.1, 0.15) is 66.1 Å². The highest BCUT2D eigenvalue weighted by atomic mass is 16.2. The maximum absolute atomic E-state index is 12.6. The Balaban J connectivity index is 1.65. The largest absolute Gasteiger partial charge is 0.348 e. The predicted molar refractivity (Wildman–Crippen MR) is 118 cm³/mol. The molecule has 2 aromatic rings. The third-order valence-corrected chi connectivity index (χ3v) is 5.05. The highest BCUT2D eigenvalue weighted by molar-refractivity contribution is 6.02. The fourth-order valence-electron chi connectivity index (χ4n) is 3.61. The predicted octanol–water partition coefficient (Wildman–Crippen LogP) is 2.99. The minimum absolute atomic E-state index is 0.0306. The lowest BCUT2D eigenvalue weighted by Gasteiger charge is -2.29. The van der Waals surface area contributed by atoms with Gasteiger partial charge in [-0.15, -0.1) is 0 Å². The molecule has 0 aliphatic heterocycles. The average Bonchev–Trinajstić information content (AvgIpc) is 2.65. The SMILES string of the molecule is CC(C)NC(=O)Nc1ccc(CNC(=O)c2cc3c([nH]c2=O)CC(C)(C)CC3=O)cc1. The zero-order valence-corrected chi connectivity index (χ0v) is 18.2. The topological polar surface area (TPSA) is 120 Å². The normalized spacial score (nSPS) is 14.7. The molecule has 0 unspecified atom stereocenters. The molecule has 0 saturated carbocycles. The number of nitrogens with one attached hydrogen (secondary N) is 4. The van der Waals surface area contributed by atoms with E-state index in [0.717, 1.165) is 5.56 Å². The number of carbonyl (C=O) groups is 3. The number of hydrogen-bond acceptors (Lipinski definition) is 4. The summed E-state index contributed by atoms with van der Waals surface area (Å²) in [6, 6.07) is 8.15. The lowest BCUT2D eigenvalue weighted by atomic mass is 9.75. The number of H-pyrrole nitrogens is 1. The first-order valence-electron chi connectivity index (χ1n) is 10.3. The van der Waals surface area contributed by atoms with E-state index in [4.69, 9.17) is 0 Å². The molecule has 0 bridgehead atoms. The van der Waals surface area contributed by atoms with Gasteiger partial charge in [0.1, 0.15) is 5.56 Å². The maximum atomic E-state index is 12.6. The van der Waals surface area contributed by atoms with Crippen molar-refractivity contribution in [2.45, 2.75) is 53.1 Å². The molecule has 3 amide bonds. The van der Waals surface area contributed by atoms with Crippen LogP contribution in [0.25, 0.3) is 0 Å². The molecule has 0 spiro atoms. The highest BCUT2D eigenvalue weighted by Gasteiger charge is 2.32. The number of aromatic nitrogens is 1. The Morgan fingerprint density at radius 1 is 1.10 bits per heavy atom. The number of fused-ring (bicyclic) bond motifs is 1. The molecule has 0 radical (unpaired) electrons. The monoisotopic (exact) mass is 424 g/mol. The van der Waals surface area contributed by atoms with Crippen LogP contribution in [0.5, 0.6) is 0 Å². The van der Waals surface area contributed by atoms with E-state index in [1.54, 1.807) is 24.3 Å². The van der Waals surface area contributed by atoms with Crippen molar-refractivity contribution in [1.29, 1.82) is 0 Å². The van der Waals surface area contributed by atoms with Crippen LogP contribution in [0.4, 0.5) is 10.5 Å². The molecule has 1 heterocycles. The molecule has 0 atom stereocenters. The van der Waals surface area contributed by atoms with Gasteiger partial charge in [0.15, 0.2) is 5.78 Å². The summed E-state index contributed by atoms with van der Waals surface area (Å²) in [5, 5.41) is 8.17. The number of pyridine rings is 1. The van der Waals surface area contributed by atoms with Crippen LogP contribution in [0.15, 0.2) is 35.1 Å². The standard InChI is InChI=1S/C23H28N4O4/c1-13(2)25-22(31)26-15-7-5-14(6-8-15)12-24-20(29)17-9-16-18(27-21(17)30)10-23(3,4)11-19(16)28/h5-9,13H,10-12H2,1-4H3,(H,24,29)(H,27,30)(H2,25,26,31). The molecule has 4 N–H and O–H groups in total. The van der Waals surface area contributed by atoms with E-state index in [9.17, 15) is 19.2 Å². The molecule has 1 aliphatic carbocycles. The minimum Gasteiger partial charge on any atom is -0.348 e. The number of amides is 3. The van der Waals surface area contributed by atoms with Crippen LogP contribution < -0.4 is 21.5 Å². The van der Waals surface area contributed by atoms with Gasteiger partial charge < -0.3 is 20.9 Å². The van der Waals surface area contributed by atoms with Gasteiger partial charge in [0, 0.05) is 36.0 Å². The van der Waals surface area contributed by atoms with Gasteiger partial charge in [0.25, 0.3) is 11.5 Å². The number of anilines is 1. The third-order valence-electron chi connectivity index (χ3n) is 5.05. The molecule has 0 saturated heterocycles. The number of carbonyl (C=O) groups excluding carboxylic acids is 3. The Hall–Kier alpha value is -3.42. The Morgan fingerprint density at radius 3 is 2.42 bits per heavy atom. The maximum Gasteiger partial charge on any atom is 0.319 e. The molecule has 8 nitrogen and oxygen atoms in total. The molecular formula is C23H28N4O4. The molecule has 8 heteroatoms. The van der Waals surface area contributed by atoms with E-state index in [0.29, 0.717) is 29.8 Å². The molecule has 1 aromatic carbocycles. The highest BCUT2D eigenvalue weighted by Crippen LogP contribution is 2.33. The Labute approximate surface area is 180 Å². The number of hydrogen-bond donors (Lipinski definition) is 4. The number of Topliss-reactive ketones (excluding diaryl/α,β-unsaturated/α-hetero) is 1. The third kappa shape index (κ3) is 5.59. The summed E-state index contributed by atoms with van der Waals surface area (Å²) < 4.78 is 0. The molecular weight excluding hydrogens is 396 g/mol. The van der Waals surface area contributed by atoms with Gasteiger partial charge in [-0.2, -0.15) is 0 Å². The lowest BCUT2D eigenvalue weighted by Crippen LogP contribution is -2.34. The second-order valence-electron chi connectivity index (χ2n) is 8.98. The van der Waals surface area contributed by atoms with E-state index in [1.807, 2.05) is 27.7 Å². The van der Waals surface area contributed by atoms with Crippen molar-refractivity contribution < 1.29 is 14.4 Å². The van der Waals surface area contributed by atoms with Crippen molar-refractivity contribution in [3.05, 3.63) is 63.1 Å². The van der Waals surface area contributed by atoms with Crippen molar-refractivity contribution in [2.24, 2.45) is 5.41 Å². The van der Waals surface area contributed by atoms with Crippen molar-refractivity contribution in [1.82, 2.24) is 15.6 Å². The number of rotatable bonds is 5. The number of aromatic amines is 1. The summed E-state index contributed by atoms with van der Waals surface area (Å²) in [5.41, 5.74) is 1.64.